The molecule has 0 atom stereocenters. The largest absolute Gasteiger partial charge is 0.346 e. The van der Waals surface area contributed by atoms with Gasteiger partial charge in [0.25, 0.3) is 5.91 Å². The molecule has 0 saturated heterocycles. The molecule has 0 aromatic carbocycles. The van der Waals surface area contributed by atoms with Crippen LogP contribution in [0.15, 0.2) is 17.9 Å². The molecular weight excluding hydrogens is 284 g/mol. The normalized spacial score (nSPS) is 10.7. The number of carbonyl (C=O) groups is 1. The number of halogens is 1. The smallest absolute Gasteiger partial charge is 0.271 e. The standard InChI is InChI=1S/C12H13ClN4OS/c1-7(2)11-15-5-9(13)10(17-11)12(18)16-4-8-3-14-6-19-8/h3,5-7H,4H2,1-2H3,(H,16,18). The molecule has 0 radical (unpaired) electrons. The number of nitrogens with zero attached hydrogens (tertiary/aromatic N) is 3. The zero-order valence-electron chi connectivity index (χ0n) is 10.6. The Labute approximate surface area is 120 Å². The first-order valence-electron chi connectivity index (χ1n) is 5.76. The summed E-state index contributed by atoms with van der Waals surface area (Å²) in [6, 6.07) is 0. The predicted molar refractivity (Wildman–Crippen MR) is 74.4 cm³/mol. The summed E-state index contributed by atoms with van der Waals surface area (Å²) in [5.74, 6) is 0.445. The Morgan fingerprint density at radius 1 is 1.47 bits per heavy atom. The van der Waals surface area contributed by atoms with Gasteiger partial charge in [-0.2, -0.15) is 0 Å². The number of hydrogen-bond acceptors (Lipinski definition) is 5. The van der Waals surface area contributed by atoms with Crippen LogP contribution in [0.5, 0.6) is 0 Å². The number of amides is 1. The lowest BCUT2D eigenvalue weighted by atomic mass is 10.2. The van der Waals surface area contributed by atoms with Gasteiger partial charge in [-0.3, -0.25) is 9.78 Å². The van der Waals surface area contributed by atoms with Gasteiger partial charge in [0.2, 0.25) is 0 Å². The molecule has 2 aromatic heterocycles. The average molecular weight is 297 g/mol. The summed E-state index contributed by atoms with van der Waals surface area (Å²) >= 11 is 7.44. The van der Waals surface area contributed by atoms with Crippen molar-refractivity contribution in [2.24, 2.45) is 0 Å². The molecule has 1 N–H and O–H groups in total. The Morgan fingerprint density at radius 3 is 2.89 bits per heavy atom. The summed E-state index contributed by atoms with van der Waals surface area (Å²) in [4.78, 5) is 25.3. The fourth-order valence-electron chi connectivity index (χ4n) is 1.40. The molecular formula is C12H13ClN4OS. The zero-order valence-corrected chi connectivity index (χ0v) is 12.1. The Hall–Kier alpha value is -1.53. The lowest BCUT2D eigenvalue weighted by molar-refractivity contribution is 0.0946. The van der Waals surface area contributed by atoms with E-state index in [1.54, 1.807) is 11.7 Å². The summed E-state index contributed by atoms with van der Waals surface area (Å²) in [5.41, 5.74) is 1.93. The van der Waals surface area contributed by atoms with E-state index < -0.39 is 0 Å². The molecule has 100 valence electrons. The van der Waals surface area contributed by atoms with Crippen LogP contribution in [0.2, 0.25) is 5.02 Å². The highest BCUT2D eigenvalue weighted by atomic mass is 35.5. The third kappa shape index (κ3) is 3.48. The highest BCUT2D eigenvalue weighted by Gasteiger charge is 2.15. The second-order valence-electron chi connectivity index (χ2n) is 4.23. The summed E-state index contributed by atoms with van der Waals surface area (Å²) < 4.78 is 0. The fraction of sp³-hybridized carbons (Fsp3) is 0.333. The van der Waals surface area contributed by atoms with Crippen LogP contribution in [0.25, 0.3) is 0 Å². The molecule has 5 nitrogen and oxygen atoms in total. The molecule has 2 aromatic rings. The first-order valence-corrected chi connectivity index (χ1v) is 7.01. The molecule has 2 heterocycles. The van der Waals surface area contributed by atoms with Gasteiger partial charge in [-0.05, 0) is 0 Å². The minimum absolute atomic E-state index is 0.144. The number of rotatable bonds is 4. The average Bonchev–Trinajstić information content (AvgIpc) is 2.89. The van der Waals surface area contributed by atoms with Crippen molar-refractivity contribution in [1.82, 2.24) is 20.3 Å². The maximum atomic E-state index is 12.0. The first-order chi connectivity index (χ1) is 9.08. The van der Waals surface area contributed by atoms with E-state index in [0.29, 0.717) is 12.4 Å². The molecule has 0 unspecified atom stereocenters. The van der Waals surface area contributed by atoms with Crippen molar-refractivity contribution in [3.05, 3.63) is 39.3 Å². The summed E-state index contributed by atoms with van der Waals surface area (Å²) in [6.45, 7) is 4.34. The molecule has 2 rings (SSSR count). The van der Waals surface area contributed by atoms with Crippen molar-refractivity contribution in [1.29, 1.82) is 0 Å². The van der Waals surface area contributed by atoms with Crippen molar-refractivity contribution in [2.45, 2.75) is 26.3 Å². The molecule has 0 aliphatic heterocycles. The first kappa shape index (κ1) is 13.9. The van der Waals surface area contributed by atoms with Crippen LogP contribution in [0.3, 0.4) is 0 Å². The highest BCUT2D eigenvalue weighted by Crippen LogP contribution is 2.16. The predicted octanol–water partition coefficient (Wildman–Crippen LogP) is 2.64. The molecule has 1 amide bonds. The number of hydrogen-bond donors (Lipinski definition) is 1. The van der Waals surface area contributed by atoms with Crippen LogP contribution < -0.4 is 5.32 Å². The molecule has 7 heteroatoms. The summed E-state index contributed by atoms with van der Waals surface area (Å²) in [6.07, 6.45) is 3.18. The molecule has 0 saturated carbocycles. The maximum Gasteiger partial charge on any atom is 0.271 e. The van der Waals surface area contributed by atoms with E-state index >= 15 is 0 Å². The molecule has 0 aliphatic carbocycles. The topological polar surface area (TPSA) is 67.8 Å². The third-order valence-corrected chi connectivity index (χ3v) is 3.46. The molecule has 0 bridgehead atoms. The maximum absolute atomic E-state index is 12.0. The summed E-state index contributed by atoms with van der Waals surface area (Å²) in [5, 5.41) is 3.02. The quantitative estimate of drug-likeness (QED) is 0.942. The molecule has 0 spiro atoms. The van der Waals surface area contributed by atoms with Gasteiger partial charge in [0.1, 0.15) is 11.5 Å². The van der Waals surface area contributed by atoms with Crippen molar-refractivity contribution in [3.63, 3.8) is 0 Å². The van der Waals surface area contributed by atoms with E-state index in [-0.39, 0.29) is 22.5 Å². The highest BCUT2D eigenvalue weighted by molar-refractivity contribution is 7.09. The van der Waals surface area contributed by atoms with Gasteiger partial charge in [0.05, 0.1) is 23.3 Å². The Kier molecular flexibility index (Phi) is 4.44. The van der Waals surface area contributed by atoms with E-state index in [1.807, 2.05) is 13.8 Å². The SMILES string of the molecule is CC(C)c1ncc(Cl)c(C(=O)NCc2cncs2)n1. The Bertz CT molecular complexity index is 571. The van der Waals surface area contributed by atoms with Crippen LogP contribution in [0, 0.1) is 0 Å². The van der Waals surface area contributed by atoms with Crippen LogP contribution >= 0.6 is 22.9 Å². The monoisotopic (exact) mass is 296 g/mol. The van der Waals surface area contributed by atoms with Crippen LogP contribution in [-0.4, -0.2) is 20.9 Å². The minimum atomic E-state index is -0.303. The van der Waals surface area contributed by atoms with Crippen LogP contribution in [-0.2, 0) is 6.54 Å². The van der Waals surface area contributed by atoms with Gasteiger partial charge in [-0.15, -0.1) is 11.3 Å². The van der Waals surface area contributed by atoms with Crippen LogP contribution in [0.4, 0.5) is 0 Å². The van der Waals surface area contributed by atoms with Gasteiger partial charge in [0, 0.05) is 17.0 Å². The third-order valence-electron chi connectivity index (χ3n) is 2.40. The number of carbonyl (C=O) groups excluding carboxylic acids is 1. The van der Waals surface area contributed by atoms with Gasteiger partial charge in [-0.1, -0.05) is 25.4 Å². The van der Waals surface area contributed by atoms with Crippen LogP contribution in [0.1, 0.15) is 41.0 Å². The van der Waals surface area contributed by atoms with E-state index in [0.717, 1.165) is 4.88 Å². The van der Waals surface area contributed by atoms with Gasteiger partial charge in [-0.25, -0.2) is 9.97 Å². The number of nitrogens with one attached hydrogen (secondary N) is 1. The van der Waals surface area contributed by atoms with Gasteiger partial charge < -0.3 is 5.32 Å². The fourth-order valence-corrected chi connectivity index (χ4v) is 2.11. The Balaban J connectivity index is 2.11. The Morgan fingerprint density at radius 2 is 2.26 bits per heavy atom. The lowest BCUT2D eigenvalue weighted by Gasteiger charge is -2.08. The molecule has 19 heavy (non-hydrogen) atoms. The van der Waals surface area contributed by atoms with E-state index in [1.165, 1.54) is 17.5 Å². The van der Waals surface area contributed by atoms with Crippen molar-refractivity contribution in [3.8, 4) is 0 Å². The second-order valence-corrected chi connectivity index (χ2v) is 5.61. The number of aromatic nitrogens is 3. The van der Waals surface area contributed by atoms with Gasteiger partial charge >= 0.3 is 0 Å². The molecule has 0 fully saturated rings. The second kappa shape index (κ2) is 6.08. The van der Waals surface area contributed by atoms with Crippen molar-refractivity contribution >= 4 is 28.8 Å². The lowest BCUT2D eigenvalue weighted by Crippen LogP contribution is -2.24. The van der Waals surface area contributed by atoms with Gasteiger partial charge in [0.15, 0.2) is 0 Å². The van der Waals surface area contributed by atoms with Crippen molar-refractivity contribution in [2.75, 3.05) is 0 Å². The van der Waals surface area contributed by atoms with E-state index in [2.05, 4.69) is 20.3 Å². The minimum Gasteiger partial charge on any atom is -0.346 e. The number of thiazole rings is 1. The van der Waals surface area contributed by atoms with E-state index in [4.69, 9.17) is 11.6 Å². The van der Waals surface area contributed by atoms with E-state index in [9.17, 15) is 4.79 Å². The van der Waals surface area contributed by atoms with Crippen molar-refractivity contribution < 1.29 is 4.79 Å². The zero-order chi connectivity index (χ0) is 13.8. The summed E-state index contributed by atoms with van der Waals surface area (Å²) in [7, 11) is 0. The molecule has 0 aliphatic rings.